The van der Waals surface area contributed by atoms with Crippen LogP contribution in [0.1, 0.15) is 0 Å². The standard InChI is InChI=1S/C20H17N5O2S/c1-24-16-9-5-6-10-17(16)28-20(24)22-21-18(26)13-25-19(27)12-11-15(23-25)14-7-3-2-4-8-14/h2-12H,13H2,1H3,(H,21,26)/b22-20-. The Bertz CT molecular complexity index is 1270. The zero-order valence-electron chi connectivity index (χ0n) is 15.1. The fraction of sp³-hybridized carbons (Fsp3) is 0.100. The third-order valence-corrected chi connectivity index (χ3v) is 5.33. The van der Waals surface area contributed by atoms with Crippen molar-refractivity contribution in [1.29, 1.82) is 0 Å². The van der Waals surface area contributed by atoms with Crippen LogP contribution in [0.5, 0.6) is 0 Å². The van der Waals surface area contributed by atoms with E-state index in [2.05, 4.69) is 15.6 Å². The number of aryl methyl sites for hydroxylation is 1. The Morgan fingerprint density at radius 2 is 1.82 bits per heavy atom. The maximum Gasteiger partial charge on any atom is 0.267 e. The lowest BCUT2D eigenvalue weighted by Crippen LogP contribution is -2.32. The molecule has 1 amide bonds. The van der Waals surface area contributed by atoms with E-state index >= 15 is 0 Å². The minimum Gasteiger partial charge on any atom is -0.318 e. The minimum atomic E-state index is -0.419. The number of amides is 1. The molecule has 0 saturated heterocycles. The number of aromatic nitrogens is 3. The van der Waals surface area contributed by atoms with Gasteiger partial charge in [-0.15, -0.1) is 5.10 Å². The van der Waals surface area contributed by atoms with Gasteiger partial charge in [0, 0.05) is 18.7 Å². The molecule has 140 valence electrons. The zero-order chi connectivity index (χ0) is 19.5. The molecule has 0 unspecified atom stereocenters. The van der Waals surface area contributed by atoms with Crippen LogP contribution >= 0.6 is 11.3 Å². The summed E-state index contributed by atoms with van der Waals surface area (Å²) in [5.74, 6) is -0.419. The van der Waals surface area contributed by atoms with Crippen molar-refractivity contribution in [3.63, 3.8) is 0 Å². The Morgan fingerprint density at radius 3 is 2.61 bits per heavy atom. The Morgan fingerprint density at radius 1 is 1.07 bits per heavy atom. The molecular formula is C20H17N5O2S. The second kappa shape index (κ2) is 7.61. The normalized spacial score (nSPS) is 11.7. The first-order chi connectivity index (χ1) is 13.6. The van der Waals surface area contributed by atoms with E-state index in [0.29, 0.717) is 10.5 Å². The van der Waals surface area contributed by atoms with Crippen LogP contribution in [0, 0.1) is 0 Å². The summed E-state index contributed by atoms with van der Waals surface area (Å²) >= 11 is 1.47. The largest absolute Gasteiger partial charge is 0.318 e. The summed E-state index contributed by atoms with van der Waals surface area (Å²) in [6.07, 6.45) is 0. The van der Waals surface area contributed by atoms with Crippen molar-refractivity contribution in [3.05, 3.63) is 81.9 Å². The van der Waals surface area contributed by atoms with Crippen molar-refractivity contribution in [1.82, 2.24) is 19.8 Å². The minimum absolute atomic E-state index is 0.211. The molecule has 0 fully saturated rings. The van der Waals surface area contributed by atoms with Crippen LogP contribution in [-0.4, -0.2) is 20.3 Å². The molecule has 1 N–H and O–H groups in total. The summed E-state index contributed by atoms with van der Waals surface area (Å²) in [6, 6.07) is 20.4. The number of rotatable bonds is 4. The number of nitrogens with one attached hydrogen (secondary N) is 1. The summed E-state index contributed by atoms with van der Waals surface area (Å²) in [7, 11) is 1.89. The summed E-state index contributed by atoms with van der Waals surface area (Å²) in [6.45, 7) is -0.211. The van der Waals surface area contributed by atoms with E-state index in [1.54, 1.807) is 6.07 Å². The van der Waals surface area contributed by atoms with E-state index in [1.165, 1.54) is 17.4 Å². The second-order valence-corrected chi connectivity index (χ2v) is 7.15. The molecule has 2 aromatic carbocycles. The molecule has 0 aliphatic carbocycles. The van der Waals surface area contributed by atoms with Crippen LogP contribution in [0.25, 0.3) is 21.5 Å². The lowest BCUT2D eigenvalue weighted by molar-refractivity contribution is -0.122. The van der Waals surface area contributed by atoms with Crippen LogP contribution in [0.4, 0.5) is 0 Å². The van der Waals surface area contributed by atoms with Gasteiger partial charge in [0.25, 0.3) is 11.5 Å². The lowest BCUT2D eigenvalue weighted by atomic mass is 10.1. The predicted octanol–water partition coefficient (Wildman–Crippen LogP) is 2.10. The van der Waals surface area contributed by atoms with Crippen LogP contribution in [0.15, 0.2) is 76.6 Å². The van der Waals surface area contributed by atoms with Gasteiger partial charge in [-0.05, 0) is 18.2 Å². The Hall–Kier alpha value is -3.52. The van der Waals surface area contributed by atoms with Crippen molar-refractivity contribution in [2.24, 2.45) is 12.1 Å². The lowest BCUT2D eigenvalue weighted by Gasteiger charge is -2.06. The molecule has 4 aromatic rings. The summed E-state index contributed by atoms with van der Waals surface area (Å²) in [4.78, 5) is 25.0. The first kappa shape index (κ1) is 17.9. The van der Waals surface area contributed by atoms with Crippen LogP contribution in [-0.2, 0) is 18.4 Å². The van der Waals surface area contributed by atoms with Gasteiger partial charge in [0.15, 0.2) is 0 Å². The molecule has 0 aliphatic rings. The van der Waals surface area contributed by atoms with Gasteiger partial charge in [-0.1, -0.05) is 53.8 Å². The van der Waals surface area contributed by atoms with Gasteiger partial charge in [-0.3, -0.25) is 9.59 Å². The van der Waals surface area contributed by atoms with E-state index in [4.69, 9.17) is 0 Å². The van der Waals surface area contributed by atoms with Crippen LogP contribution < -0.4 is 15.8 Å². The molecule has 2 aromatic heterocycles. The van der Waals surface area contributed by atoms with Gasteiger partial charge in [0.1, 0.15) is 6.54 Å². The molecule has 0 saturated carbocycles. The van der Waals surface area contributed by atoms with E-state index in [9.17, 15) is 9.59 Å². The summed E-state index contributed by atoms with van der Waals surface area (Å²) < 4.78 is 4.12. The fourth-order valence-corrected chi connectivity index (χ4v) is 3.77. The number of carbonyl (C=O) groups is 1. The first-order valence-electron chi connectivity index (χ1n) is 8.62. The van der Waals surface area contributed by atoms with Crippen LogP contribution in [0.2, 0.25) is 0 Å². The molecule has 0 radical (unpaired) electrons. The van der Waals surface area contributed by atoms with Gasteiger partial charge in [0.05, 0.1) is 15.9 Å². The topological polar surface area (TPSA) is 81.3 Å². The van der Waals surface area contributed by atoms with Crippen molar-refractivity contribution in [2.45, 2.75) is 6.54 Å². The molecule has 8 heteroatoms. The third kappa shape index (κ3) is 3.63. The SMILES string of the molecule is Cn1/c(=N/NC(=O)Cn2nc(-c3ccccc3)ccc2=O)sc2ccccc21. The average Bonchev–Trinajstić information content (AvgIpc) is 3.05. The second-order valence-electron chi connectivity index (χ2n) is 6.14. The molecule has 2 heterocycles. The monoisotopic (exact) mass is 391 g/mol. The molecule has 0 atom stereocenters. The number of hydrogen-bond acceptors (Lipinski definition) is 5. The number of thiazole rings is 1. The number of nitrogens with zero attached hydrogens (tertiary/aromatic N) is 4. The Balaban J connectivity index is 1.55. The molecule has 28 heavy (non-hydrogen) atoms. The van der Waals surface area contributed by atoms with E-state index in [1.807, 2.05) is 66.2 Å². The number of benzene rings is 2. The highest BCUT2D eigenvalue weighted by Gasteiger charge is 2.08. The third-order valence-electron chi connectivity index (χ3n) is 4.22. The zero-order valence-corrected chi connectivity index (χ0v) is 15.9. The Kier molecular flexibility index (Phi) is 4.86. The van der Waals surface area contributed by atoms with E-state index < -0.39 is 5.91 Å². The van der Waals surface area contributed by atoms with Gasteiger partial charge >= 0.3 is 0 Å². The van der Waals surface area contributed by atoms with Crippen molar-refractivity contribution >= 4 is 27.5 Å². The predicted molar refractivity (Wildman–Crippen MR) is 108 cm³/mol. The molecular weight excluding hydrogens is 374 g/mol. The van der Waals surface area contributed by atoms with E-state index in [0.717, 1.165) is 20.5 Å². The van der Waals surface area contributed by atoms with Crippen molar-refractivity contribution < 1.29 is 4.79 Å². The highest BCUT2D eigenvalue weighted by atomic mass is 32.1. The summed E-state index contributed by atoms with van der Waals surface area (Å²) in [5.41, 5.74) is 4.70. The molecule has 0 aliphatic heterocycles. The van der Waals surface area contributed by atoms with Gasteiger partial charge < -0.3 is 4.57 Å². The highest BCUT2D eigenvalue weighted by Crippen LogP contribution is 2.15. The number of para-hydroxylation sites is 1. The maximum absolute atomic E-state index is 12.3. The van der Waals surface area contributed by atoms with Crippen molar-refractivity contribution in [3.8, 4) is 11.3 Å². The molecule has 7 nitrogen and oxygen atoms in total. The van der Waals surface area contributed by atoms with Gasteiger partial charge in [-0.2, -0.15) is 5.10 Å². The molecule has 0 bridgehead atoms. The molecule has 0 spiro atoms. The van der Waals surface area contributed by atoms with Crippen molar-refractivity contribution in [2.75, 3.05) is 0 Å². The molecule has 4 rings (SSSR count). The Labute approximate surface area is 164 Å². The van der Waals surface area contributed by atoms with Gasteiger partial charge in [0.2, 0.25) is 4.80 Å². The first-order valence-corrected chi connectivity index (χ1v) is 9.44. The smallest absolute Gasteiger partial charge is 0.267 e. The maximum atomic E-state index is 12.3. The number of carbonyl (C=O) groups excluding carboxylic acids is 1. The number of hydrogen-bond donors (Lipinski definition) is 1. The van der Waals surface area contributed by atoms with E-state index in [-0.39, 0.29) is 12.1 Å². The van der Waals surface area contributed by atoms with Gasteiger partial charge in [-0.25, -0.2) is 10.1 Å². The number of fused-ring (bicyclic) bond motifs is 1. The average molecular weight is 391 g/mol. The highest BCUT2D eigenvalue weighted by molar-refractivity contribution is 7.16. The fourth-order valence-electron chi connectivity index (χ4n) is 2.79. The summed E-state index contributed by atoms with van der Waals surface area (Å²) in [5, 5.41) is 8.48. The van der Waals surface area contributed by atoms with Crippen LogP contribution in [0.3, 0.4) is 0 Å². The quantitative estimate of drug-likeness (QED) is 0.541.